The molecule has 0 spiro atoms. The van der Waals surface area contributed by atoms with E-state index in [4.69, 9.17) is 4.74 Å². The van der Waals surface area contributed by atoms with Gasteiger partial charge in [0.05, 0.1) is 12.0 Å². The van der Waals surface area contributed by atoms with Crippen molar-refractivity contribution < 1.29 is 4.74 Å². The van der Waals surface area contributed by atoms with Gasteiger partial charge in [0.25, 0.3) is 0 Å². The molecule has 2 rings (SSSR count). The number of nitrogens with zero attached hydrogens (tertiary/aromatic N) is 1. The Labute approximate surface area is 90.5 Å². The highest BCUT2D eigenvalue weighted by Crippen LogP contribution is 2.28. The van der Waals surface area contributed by atoms with Gasteiger partial charge in [-0.2, -0.15) is 11.8 Å². The lowest BCUT2D eigenvalue weighted by molar-refractivity contribution is 0.313. The summed E-state index contributed by atoms with van der Waals surface area (Å²) in [6.07, 6.45) is 11.3. The maximum absolute atomic E-state index is 5.55. The molecule has 3 heteroatoms. The van der Waals surface area contributed by atoms with E-state index in [1.54, 1.807) is 0 Å². The van der Waals surface area contributed by atoms with Crippen molar-refractivity contribution >= 4 is 17.7 Å². The summed E-state index contributed by atoms with van der Waals surface area (Å²) in [5.41, 5.74) is 0. The number of hydrogen-bond donors (Lipinski definition) is 0. The van der Waals surface area contributed by atoms with E-state index in [-0.39, 0.29) is 0 Å². The van der Waals surface area contributed by atoms with Gasteiger partial charge in [-0.25, -0.2) is 4.99 Å². The Bertz CT molecular complexity index is 211. The first kappa shape index (κ1) is 10.3. The van der Waals surface area contributed by atoms with Crippen LogP contribution in [0.1, 0.15) is 6.42 Å². The van der Waals surface area contributed by atoms with Gasteiger partial charge in [0.15, 0.2) is 5.90 Å². The van der Waals surface area contributed by atoms with Gasteiger partial charge in [-0.3, -0.25) is 0 Å². The Morgan fingerprint density at radius 1 is 1.50 bits per heavy atom. The highest BCUT2D eigenvalue weighted by Gasteiger charge is 2.29. The van der Waals surface area contributed by atoms with E-state index >= 15 is 0 Å². The lowest BCUT2D eigenvalue weighted by Crippen LogP contribution is -2.09. The van der Waals surface area contributed by atoms with Crippen LogP contribution in [0.4, 0.5) is 0 Å². The molecule has 0 unspecified atom stereocenters. The minimum atomic E-state index is 0.368. The van der Waals surface area contributed by atoms with Crippen LogP contribution >= 0.6 is 11.8 Å². The van der Waals surface area contributed by atoms with E-state index in [1.807, 2.05) is 37.4 Å². The third-order valence-corrected chi connectivity index (χ3v) is 2.92. The normalized spacial score (nSPS) is 27.8. The van der Waals surface area contributed by atoms with Crippen molar-refractivity contribution in [3.8, 4) is 0 Å². The predicted octanol–water partition coefficient (Wildman–Crippen LogP) is 1.94. The number of ether oxygens (including phenoxy) is 1. The summed E-state index contributed by atoms with van der Waals surface area (Å²) in [7, 11) is 0. The van der Waals surface area contributed by atoms with Crippen LogP contribution in [0, 0.1) is 31.6 Å². The van der Waals surface area contributed by atoms with Gasteiger partial charge in [0.1, 0.15) is 6.61 Å². The second kappa shape index (κ2) is 5.06. The van der Waals surface area contributed by atoms with Crippen molar-refractivity contribution in [2.75, 3.05) is 18.6 Å². The lowest BCUT2D eigenvalue weighted by atomic mass is 10.1. The van der Waals surface area contributed by atoms with Crippen LogP contribution < -0.4 is 0 Å². The summed E-state index contributed by atoms with van der Waals surface area (Å²) in [4.78, 5) is 4.55. The van der Waals surface area contributed by atoms with Gasteiger partial charge >= 0.3 is 0 Å². The average molecular weight is 208 g/mol. The fourth-order valence-electron chi connectivity index (χ4n) is 1.49. The minimum absolute atomic E-state index is 0.368. The summed E-state index contributed by atoms with van der Waals surface area (Å²) < 4.78 is 5.55. The summed E-state index contributed by atoms with van der Waals surface area (Å²) >= 11 is 1.86. The van der Waals surface area contributed by atoms with Gasteiger partial charge in [-0.1, -0.05) is 0 Å². The first-order valence-electron chi connectivity index (χ1n) is 4.82. The van der Waals surface area contributed by atoms with Crippen LogP contribution in [0.15, 0.2) is 4.99 Å². The van der Waals surface area contributed by atoms with E-state index < -0.39 is 0 Å². The molecule has 1 saturated carbocycles. The maximum atomic E-state index is 5.55. The van der Waals surface area contributed by atoms with Gasteiger partial charge in [0.2, 0.25) is 0 Å². The molecule has 1 atom stereocenters. The number of hydrogen-bond acceptors (Lipinski definition) is 3. The third kappa shape index (κ3) is 2.44. The minimum Gasteiger partial charge on any atom is -0.478 e. The van der Waals surface area contributed by atoms with Crippen LogP contribution in [0.25, 0.3) is 0 Å². The van der Waals surface area contributed by atoms with Crippen molar-refractivity contribution in [1.29, 1.82) is 0 Å². The molecule has 5 radical (unpaired) electrons. The number of thioether (sulfide) groups is 1. The Morgan fingerprint density at radius 2 is 2.29 bits per heavy atom. The molecule has 0 bridgehead atoms. The first-order valence-corrected chi connectivity index (χ1v) is 6.21. The molecule has 1 aliphatic heterocycles. The van der Waals surface area contributed by atoms with E-state index in [9.17, 15) is 0 Å². The molecule has 0 aromatic rings. The molecular formula is C11H14NOS. The topological polar surface area (TPSA) is 21.6 Å². The van der Waals surface area contributed by atoms with E-state index in [0.717, 1.165) is 30.6 Å². The quantitative estimate of drug-likeness (QED) is 0.704. The fourth-order valence-corrected chi connectivity index (χ4v) is 2.00. The van der Waals surface area contributed by atoms with Gasteiger partial charge in [0, 0.05) is 0 Å². The maximum Gasteiger partial charge on any atom is 0.191 e. The molecule has 0 N–H and O–H groups in total. The molecule has 2 aliphatic rings. The van der Waals surface area contributed by atoms with Crippen LogP contribution in [0.5, 0.6) is 0 Å². The Kier molecular flexibility index (Phi) is 3.74. The second-order valence-electron chi connectivity index (χ2n) is 3.35. The highest BCUT2D eigenvalue weighted by atomic mass is 32.2. The number of rotatable bonds is 4. The molecule has 0 aromatic heterocycles. The van der Waals surface area contributed by atoms with Gasteiger partial charge in [-0.15, -0.1) is 0 Å². The van der Waals surface area contributed by atoms with Crippen molar-refractivity contribution in [1.82, 2.24) is 0 Å². The van der Waals surface area contributed by atoms with Crippen LogP contribution in [0.3, 0.4) is 0 Å². The molecule has 75 valence electrons. The average Bonchev–Trinajstić information content (AvgIpc) is 2.85. The van der Waals surface area contributed by atoms with Crippen LogP contribution in [-0.2, 0) is 4.74 Å². The Morgan fingerprint density at radius 3 is 3.00 bits per heavy atom. The summed E-state index contributed by atoms with van der Waals surface area (Å²) in [6.45, 7) is 0.751. The molecule has 1 heterocycles. The molecule has 14 heavy (non-hydrogen) atoms. The van der Waals surface area contributed by atoms with Crippen molar-refractivity contribution in [2.24, 2.45) is 4.99 Å². The molecule has 1 fully saturated rings. The summed E-state index contributed by atoms with van der Waals surface area (Å²) in [6, 6.07) is 0.368. The lowest BCUT2D eigenvalue weighted by Gasteiger charge is -2.05. The molecule has 0 saturated heterocycles. The van der Waals surface area contributed by atoms with Gasteiger partial charge in [-0.05, 0) is 44.1 Å². The second-order valence-corrected chi connectivity index (χ2v) is 4.34. The summed E-state index contributed by atoms with van der Waals surface area (Å²) in [5.74, 6) is 3.09. The summed E-state index contributed by atoms with van der Waals surface area (Å²) in [5, 5.41) is 0. The largest absolute Gasteiger partial charge is 0.478 e. The Balaban J connectivity index is 1.82. The SMILES string of the molecule is CSCC[C@H]1COC([C]2[CH][CH][CH][CH]2)=N1. The number of aliphatic imine (C=N–C) groups is 1. The van der Waals surface area contributed by atoms with E-state index in [2.05, 4.69) is 11.2 Å². The molecule has 1 aliphatic carbocycles. The van der Waals surface area contributed by atoms with Crippen LogP contribution in [0.2, 0.25) is 0 Å². The van der Waals surface area contributed by atoms with Crippen molar-refractivity contribution in [3.63, 3.8) is 0 Å². The molecular weight excluding hydrogens is 194 g/mol. The fraction of sp³-hybridized carbons (Fsp3) is 0.455. The van der Waals surface area contributed by atoms with Crippen LogP contribution in [-0.4, -0.2) is 30.6 Å². The molecule has 2 nitrogen and oxygen atoms in total. The molecule has 0 aromatic carbocycles. The Hall–Kier alpha value is -0.180. The zero-order chi connectivity index (χ0) is 9.80. The van der Waals surface area contributed by atoms with Gasteiger partial charge < -0.3 is 4.74 Å². The van der Waals surface area contributed by atoms with Crippen molar-refractivity contribution in [2.45, 2.75) is 12.5 Å². The van der Waals surface area contributed by atoms with E-state index in [1.165, 1.54) is 0 Å². The zero-order valence-electron chi connectivity index (χ0n) is 8.27. The highest BCUT2D eigenvalue weighted by molar-refractivity contribution is 7.98. The standard InChI is InChI=1S/C11H14NOS/c1-14-7-6-10-8-13-11(12-10)9-4-2-3-5-9/h2-5,10H,6-8H2,1H3/t10-/m0/s1. The molecule has 0 amide bonds. The first-order chi connectivity index (χ1) is 6.90. The monoisotopic (exact) mass is 208 g/mol. The smallest absolute Gasteiger partial charge is 0.191 e. The predicted molar refractivity (Wildman–Crippen MR) is 60.6 cm³/mol. The zero-order valence-corrected chi connectivity index (χ0v) is 9.09. The third-order valence-electron chi connectivity index (χ3n) is 2.28. The van der Waals surface area contributed by atoms with E-state index in [0.29, 0.717) is 6.04 Å². The van der Waals surface area contributed by atoms with Crippen molar-refractivity contribution in [3.05, 3.63) is 31.6 Å².